The quantitative estimate of drug-likeness (QED) is 0.534. The van der Waals surface area contributed by atoms with Crippen LogP contribution in [0.4, 0.5) is 16.7 Å². The Balaban J connectivity index is 1.37. The first-order valence-corrected chi connectivity index (χ1v) is 11.5. The van der Waals surface area contributed by atoms with Gasteiger partial charge in [-0.15, -0.1) is 0 Å². The van der Waals surface area contributed by atoms with Crippen molar-refractivity contribution < 1.29 is 14.3 Å². The van der Waals surface area contributed by atoms with Crippen molar-refractivity contribution in [3.63, 3.8) is 0 Å². The van der Waals surface area contributed by atoms with E-state index in [0.29, 0.717) is 56.3 Å². The number of piperazine rings is 1. The second-order valence-electron chi connectivity index (χ2n) is 7.58. The molecule has 172 valence electrons. The second-order valence-corrected chi connectivity index (χ2v) is 8.60. The van der Waals surface area contributed by atoms with Gasteiger partial charge in [0.2, 0.25) is 17.8 Å². The lowest BCUT2D eigenvalue weighted by atomic mass is 10.2. The van der Waals surface area contributed by atoms with Crippen LogP contribution in [0.1, 0.15) is 11.3 Å². The highest BCUT2D eigenvalue weighted by Crippen LogP contribution is 2.27. The van der Waals surface area contributed by atoms with Gasteiger partial charge in [-0.1, -0.05) is 30.3 Å². The molecule has 2 aliphatic heterocycles. The maximum absolute atomic E-state index is 12.0. The summed E-state index contributed by atoms with van der Waals surface area (Å²) in [6.45, 7) is 3.12. The number of carbonyl (C=O) groups excluding carboxylic acids is 2. The van der Waals surface area contributed by atoms with Gasteiger partial charge in [0, 0.05) is 44.6 Å². The number of ether oxygens (including phenoxy) is 1. The first-order valence-electron chi connectivity index (χ1n) is 10.7. The molecule has 11 heteroatoms. The van der Waals surface area contributed by atoms with Crippen molar-refractivity contribution in [2.75, 3.05) is 36.0 Å². The van der Waals surface area contributed by atoms with Crippen molar-refractivity contribution in [1.29, 1.82) is 0 Å². The van der Waals surface area contributed by atoms with E-state index in [1.54, 1.807) is 30.6 Å². The Kier molecular flexibility index (Phi) is 6.34. The zero-order chi connectivity index (χ0) is 23.3. The number of amides is 2. The number of nitrogens with one attached hydrogen (secondary N) is 1. The molecule has 1 N–H and O–H groups in total. The average molecular weight is 476 g/mol. The molecule has 0 saturated carbocycles. The molecule has 4 heterocycles. The van der Waals surface area contributed by atoms with Gasteiger partial charge in [-0.25, -0.2) is 15.0 Å². The fraction of sp³-hybridized carbons (Fsp3) is 0.217. The molecule has 34 heavy (non-hydrogen) atoms. The van der Waals surface area contributed by atoms with Gasteiger partial charge >= 0.3 is 0 Å². The van der Waals surface area contributed by atoms with Crippen LogP contribution >= 0.6 is 11.8 Å². The Labute approximate surface area is 200 Å². The molecule has 0 bridgehead atoms. The molecule has 0 unspecified atom stereocenters. The van der Waals surface area contributed by atoms with Crippen molar-refractivity contribution in [2.45, 2.75) is 6.61 Å². The molecule has 5 rings (SSSR count). The maximum atomic E-state index is 12.0. The molecule has 0 aliphatic carbocycles. The molecule has 2 aromatic heterocycles. The van der Waals surface area contributed by atoms with Crippen LogP contribution in [0.25, 0.3) is 6.08 Å². The summed E-state index contributed by atoms with van der Waals surface area (Å²) in [7, 11) is 0. The van der Waals surface area contributed by atoms with Crippen molar-refractivity contribution in [3.8, 4) is 5.88 Å². The molecule has 1 aromatic carbocycles. The minimum absolute atomic E-state index is 0.287. The number of benzene rings is 1. The van der Waals surface area contributed by atoms with Crippen LogP contribution in [-0.4, -0.2) is 57.3 Å². The smallest absolute Gasteiger partial charge is 0.290 e. The molecule has 2 amide bonds. The van der Waals surface area contributed by atoms with E-state index in [1.165, 1.54) is 0 Å². The molecule has 2 saturated heterocycles. The van der Waals surface area contributed by atoms with E-state index in [2.05, 4.69) is 35.1 Å². The molecule has 0 atom stereocenters. The van der Waals surface area contributed by atoms with Gasteiger partial charge in [-0.2, -0.15) is 4.98 Å². The Bertz CT molecular complexity index is 1220. The SMILES string of the molecule is O=C1NC(=O)/C(=C\c2cc(OCc3ccccc3)nc(N3CCN(c4ncccn4)CC3)n2)S1. The molecule has 2 fully saturated rings. The lowest BCUT2D eigenvalue weighted by molar-refractivity contribution is -0.115. The normalized spacial score (nSPS) is 17.2. The van der Waals surface area contributed by atoms with E-state index in [9.17, 15) is 9.59 Å². The second kappa shape index (κ2) is 9.87. The fourth-order valence-corrected chi connectivity index (χ4v) is 4.23. The Morgan fingerprint density at radius 2 is 1.65 bits per heavy atom. The van der Waals surface area contributed by atoms with Crippen molar-refractivity contribution in [3.05, 3.63) is 71.0 Å². The third-order valence-corrected chi connectivity index (χ3v) is 6.07. The summed E-state index contributed by atoms with van der Waals surface area (Å²) < 4.78 is 5.96. The first-order chi connectivity index (χ1) is 16.6. The van der Waals surface area contributed by atoms with Crippen LogP contribution < -0.4 is 19.9 Å². The summed E-state index contributed by atoms with van der Waals surface area (Å²) in [4.78, 5) is 45.9. The summed E-state index contributed by atoms with van der Waals surface area (Å²) in [6, 6.07) is 13.3. The van der Waals surface area contributed by atoms with Gasteiger partial charge in [-0.05, 0) is 29.5 Å². The van der Waals surface area contributed by atoms with Crippen LogP contribution in [0.2, 0.25) is 0 Å². The number of rotatable bonds is 6. The van der Waals surface area contributed by atoms with Gasteiger partial charge in [0.25, 0.3) is 11.1 Å². The molecule has 10 nitrogen and oxygen atoms in total. The van der Waals surface area contributed by atoms with E-state index in [1.807, 2.05) is 30.3 Å². The first kappa shape index (κ1) is 21.8. The number of imide groups is 1. The van der Waals surface area contributed by atoms with Crippen LogP contribution in [-0.2, 0) is 11.4 Å². The van der Waals surface area contributed by atoms with E-state index < -0.39 is 11.1 Å². The zero-order valence-corrected chi connectivity index (χ0v) is 18.9. The molecule has 2 aliphatic rings. The number of carbonyl (C=O) groups is 2. The summed E-state index contributed by atoms with van der Waals surface area (Å²) in [6.07, 6.45) is 5.04. The Hall–Kier alpha value is -3.99. The third-order valence-electron chi connectivity index (χ3n) is 5.26. The lowest BCUT2D eigenvalue weighted by Gasteiger charge is -2.34. The lowest BCUT2D eigenvalue weighted by Crippen LogP contribution is -2.47. The highest BCUT2D eigenvalue weighted by Gasteiger charge is 2.26. The number of anilines is 2. The summed E-state index contributed by atoms with van der Waals surface area (Å²) in [5, 5.41) is 1.86. The largest absolute Gasteiger partial charge is 0.473 e. The van der Waals surface area contributed by atoms with Crippen molar-refractivity contribution in [2.24, 2.45) is 0 Å². The third kappa shape index (κ3) is 5.15. The molecule has 0 spiro atoms. The maximum Gasteiger partial charge on any atom is 0.290 e. The fourth-order valence-electron chi connectivity index (χ4n) is 3.57. The van der Waals surface area contributed by atoms with Crippen molar-refractivity contribution >= 4 is 40.9 Å². The van der Waals surface area contributed by atoms with Gasteiger partial charge in [0.15, 0.2) is 0 Å². The average Bonchev–Trinajstić information content (AvgIpc) is 3.20. The molecular formula is C23H21N7O3S. The number of nitrogens with zero attached hydrogens (tertiary/aromatic N) is 6. The molecule has 0 radical (unpaired) electrons. The van der Waals surface area contributed by atoms with Crippen LogP contribution in [0.5, 0.6) is 5.88 Å². The summed E-state index contributed by atoms with van der Waals surface area (Å²) in [5.41, 5.74) is 1.50. The van der Waals surface area contributed by atoms with E-state index in [0.717, 1.165) is 17.3 Å². The monoisotopic (exact) mass is 475 g/mol. The van der Waals surface area contributed by atoms with Gasteiger partial charge in [0.05, 0.1) is 10.6 Å². The number of hydrogen-bond donors (Lipinski definition) is 1. The van der Waals surface area contributed by atoms with Gasteiger partial charge in [-0.3, -0.25) is 14.9 Å². The van der Waals surface area contributed by atoms with Crippen LogP contribution in [0.3, 0.4) is 0 Å². The van der Waals surface area contributed by atoms with Crippen LogP contribution in [0, 0.1) is 0 Å². The van der Waals surface area contributed by atoms with Gasteiger partial charge < -0.3 is 14.5 Å². The van der Waals surface area contributed by atoms with Crippen molar-refractivity contribution in [1.82, 2.24) is 25.3 Å². The van der Waals surface area contributed by atoms with E-state index in [4.69, 9.17) is 4.74 Å². The highest BCUT2D eigenvalue weighted by atomic mass is 32.2. The standard InChI is InChI=1S/C23H21N7O3S/c31-20-18(34-23(32)28-20)13-17-14-19(33-15-16-5-2-1-3-6-16)27-22(26-17)30-11-9-29(10-12-30)21-24-7-4-8-25-21/h1-8,13-14H,9-12,15H2,(H,28,31,32)/b18-13+. The Morgan fingerprint density at radius 3 is 2.32 bits per heavy atom. The predicted octanol–water partition coefficient (Wildman–Crippen LogP) is 2.50. The summed E-state index contributed by atoms with van der Waals surface area (Å²) >= 11 is 0.850. The van der Waals surface area contributed by atoms with E-state index in [-0.39, 0.29) is 4.91 Å². The number of thioether (sulfide) groups is 1. The highest BCUT2D eigenvalue weighted by molar-refractivity contribution is 8.18. The van der Waals surface area contributed by atoms with E-state index >= 15 is 0 Å². The Morgan fingerprint density at radius 1 is 0.941 bits per heavy atom. The van der Waals surface area contributed by atoms with Crippen LogP contribution in [0.15, 0.2) is 59.8 Å². The predicted molar refractivity (Wildman–Crippen MR) is 128 cm³/mol. The minimum Gasteiger partial charge on any atom is -0.473 e. The van der Waals surface area contributed by atoms with Gasteiger partial charge in [0.1, 0.15) is 6.61 Å². The minimum atomic E-state index is -0.432. The molecule has 3 aromatic rings. The summed E-state index contributed by atoms with van der Waals surface area (Å²) in [5.74, 6) is 1.16. The molecular weight excluding hydrogens is 454 g/mol. The number of aromatic nitrogens is 4. The number of hydrogen-bond acceptors (Lipinski definition) is 10. The topological polar surface area (TPSA) is 113 Å². The zero-order valence-electron chi connectivity index (χ0n) is 18.1.